The van der Waals surface area contributed by atoms with Crippen LogP contribution in [-0.2, 0) is 19.1 Å². The predicted molar refractivity (Wildman–Crippen MR) is 276 cm³/mol. The van der Waals surface area contributed by atoms with E-state index in [9.17, 15) is 39.4 Å². The smallest absolute Gasteiger partial charge is 0.410 e. The number of ether oxygens (including phenoxy) is 2. The summed E-state index contributed by atoms with van der Waals surface area (Å²) < 4.78 is 11.0. The third-order valence-corrected chi connectivity index (χ3v) is 13.0. The Balaban J connectivity index is 1.40. The van der Waals surface area contributed by atoms with E-state index in [-0.39, 0.29) is 108 Å². The third kappa shape index (κ3) is 13.2. The molecule has 4 aromatic carbocycles. The Bertz CT molecular complexity index is 2550. The van der Waals surface area contributed by atoms with E-state index in [1.165, 1.54) is 12.2 Å². The highest BCUT2D eigenvalue weighted by Gasteiger charge is 2.33. The van der Waals surface area contributed by atoms with Gasteiger partial charge in [-0.2, -0.15) is 0 Å². The van der Waals surface area contributed by atoms with Gasteiger partial charge >= 0.3 is 12.2 Å². The lowest BCUT2D eigenvalue weighted by atomic mass is 9.89. The molecule has 0 aliphatic carbocycles. The van der Waals surface area contributed by atoms with Gasteiger partial charge in [0.05, 0.1) is 30.8 Å². The molecule has 376 valence electrons. The minimum Gasteiger partial charge on any atom is -0.444 e. The third-order valence-electron chi connectivity index (χ3n) is 11.9. The topological polar surface area (TPSA) is 186 Å². The number of carbonyl (C=O) groups is 4. The Morgan fingerprint density at radius 3 is 1.17 bits per heavy atom. The van der Waals surface area contributed by atoms with Gasteiger partial charge in [-0.05, 0) is 111 Å². The zero-order chi connectivity index (χ0) is 51.9. The molecule has 0 radical (unpaired) electrons. The van der Waals surface area contributed by atoms with Crippen LogP contribution in [0.1, 0.15) is 103 Å². The van der Waals surface area contributed by atoms with Crippen molar-refractivity contribution in [3.8, 4) is 22.3 Å². The van der Waals surface area contributed by atoms with Crippen LogP contribution in [0.3, 0.4) is 0 Å². The second-order valence-corrected chi connectivity index (χ2v) is 21.2. The van der Waals surface area contributed by atoms with Gasteiger partial charge in [-0.1, -0.05) is 100 Å². The summed E-state index contributed by atoms with van der Waals surface area (Å²) >= 11 is 0.900. The second-order valence-electron chi connectivity index (χ2n) is 20.1. The summed E-state index contributed by atoms with van der Waals surface area (Å²) in [5.41, 5.74) is 2.19. The molecule has 0 spiro atoms. The van der Waals surface area contributed by atoms with Crippen molar-refractivity contribution in [1.82, 2.24) is 19.6 Å². The fourth-order valence-corrected chi connectivity index (χ4v) is 9.58. The zero-order valence-electron chi connectivity index (χ0n) is 42.2. The molecule has 0 N–H and O–H groups in total. The number of hydrogen-bond donors (Lipinski definition) is 0. The lowest BCUT2D eigenvalue weighted by Gasteiger charge is -2.35. The molecule has 0 atom stereocenters. The van der Waals surface area contributed by atoms with E-state index in [0.29, 0.717) is 22.3 Å². The SMILES string of the molecule is CC(C)c1ccccc1-c1c(C=CC(=O)N2CCN(C(=O)OC(C)(C)C)CC2)ccc(Sc2ccc(C=CC(=O)N3CCN(C(=O)OC(C)(C)C)CC3)c(-c3ccccc3C(C)C)c2[N+](=O)[O-])c1[N+](=O)[O-]. The van der Waals surface area contributed by atoms with Gasteiger partial charge in [0, 0.05) is 64.5 Å². The van der Waals surface area contributed by atoms with Crippen molar-refractivity contribution in [3.05, 3.63) is 127 Å². The first-order valence-electron chi connectivity index (χ1n) is 23.8. The lowest BCUT2D eigenvalue weighted by Crippen LogP contribution is -2.51. The fraction of sp³-hybridized carbons (Fsp3) is 0.407. The van der Waals surface area contributed by atoms with Crippen molar-refractivity contribution in [2.24, 2.45) is 0 Å². The molecule has 0 saturated carbocycles. The van der Waals surface area contributed by atoms with Crippen LogP contribution in [0.5, 0.6) is 0 Å². The molecule has 2 aliphatic rings. The van der Waals surface area contributed by atoms with Gasteiger partial charge in [-0.3, -0.25) is 29.8 Å². The van der Waals surface area contributed by atoms with Crippen LogP contribution < -0.4 is 0 Å². The van der Waals surface area contributed by atoms with Crippen LogP contribution in [0, 0.1) is 20.2 Å². The van der Waals surface area contributed by atoms with E-state index in [1.54, 1.807) is 122 Å². The average molecular weight is 989 g/mol. The van der Waals surface area contributed by atoms with Gasteiger partial charge in [0.15, 0.2) is 0 Å². The number of benzene rings is 4. The fourth-order valence-electron chi connectivity index (χ4n) is 8.53. The molecule has 4 amide bonds. The maximum absolute atomic E-state index is 13.7. The van der Waals surface area contributed by atoms with Gasteiger partial charge < -0.3 is 29.1 Å². The molecule has 16 nitrogen and oxygen atoms in total. The first-order valence-corrected chi connectivity index (χ1v) is 24.6. The first-order chi connectivity index (χ1) is 33.4. The quantitative estimate of drug-likeness (QED) is 0.0747. The van der Waals surface area contributed by atoms with Gasteiger partial charge in [-0.15, -0.1) is 0 Å². The molecule has 4 aromatic rings. The van der Waals surface area contributed by atoms with Gasteiger partial charge in [0.2, 0.25) is 11.8 Å². The molecule has 0 unspecified atom stereocenters. The van der Waals surface area contributed by atoms with Crippen molar-refractivity contribution in [2.45, 2.75) is 102 Å². The summed E-state index contributed by atoms with van der Waals surface area (Å²) in [6.07, 6.45) is 4.96. The minimum atomic E-state index is -0.663. The highest BCUT2D eigenvalue weighted by molar-refractivity contribution is 7.99. The molecule has 17 heteroatoms. The van der Waals surface area contributed by atoms with Crippen LogP contribution in [0.25, 0.3) is 34.4 Å². The van der Waals surface area contributed by atoms with Crippen molar-refractivity contribution in [2.75, 3.05) is 52.4 Å². The molecule has 71 heavy (non-hydrogen) atoms. The van der Waals surface area contributed by atoms with E-state index in [4.69, 9.17) is 9.47 Å². The standard InChI is InChI=1S/C54H64N6O10S/c1-35(2)39-15-11-13-17-41(39)47-37(21-25-45(61)55-27-31-57(32-28-55)51(63)69-53(5,6)7)19-23-43(49(47)59(65)66)71-44-24-20-38(48(50(44)60(67)68)42-18-14-12-16-40(42)36(3)4)22-26-46(62)56-29-33-58(34-30-56)52(64)70-54(8,9)10/h11-26,35-36H,27-34H2,1-10H3. The summed E-state index contributed by atoms with van der Waals surface area (Å²) in [6, 6.07) is 21.2. The van der Waals surface area contributed by atoms with Crippen LogP contribution in [0.2, 0.25) is 0 Å². The number of hydrogen-bond acceptors (Lipinski definition) is 11. The number of rotatable bonds is 12. The Labute approximate surface area is 420 Å². The minimum absolute atomic E-state index is 0.0548. The summed E-state index contributed by atoms with van der Waals surface area (Å²) in [6.45, 7) is 20.8. The molecule has 2 saturated heterocycles. The number of carbonyl (C=O) groups excluding carboxylic acids is 4. The predicted octanol–water partition coefficient (Wildman–Crippen LogP) is 11.4. The summed E-state index contributed by atoms with van der Waals surface area (Å²) in [4.78, 5) is 85.4. The van der Waals surface area contributed by atoms with Crippen LogP contribution in [0.15, 0.2) is 94.7 Å². The van der Waals surface area contributed by atoms with Crippen molar-refractivity contribution in [1.29, 1.82) is 0 Å². The second kappa shape index (κ2) is 22.4. The Morgan fingerprint density at radius 1 is 0.535 bits per heavy atom. The molecule has 2 aliphatic heterocycles. The van der Waals surface area contributed by atoms with Gasteiger partial charge in [-0.25, -0.2) is 9.59 Å². The Hall–Kier alpha value is -7.01. The van der Waals surface area contributed by atoms with E-state index in [0.717, 1.165) is 22.9 Å². The molecule has 0 aromatic heterocycles. The average Bonchev–Trinajstić information content (AvgIpc) is 3.31. The zero-order valence-corrected chi connectivity index (χ0v) is 43.0. The highest BCUT2D eigenvalue weighted by Crippen LogP contribution is 2.50. The molecule has 2 fully saturated rings. The Morgan fingerprint density at radius 2 is 0.859 bits per heavy atom. The van der Waals surface area contributed by atoms with E-state index >= 15 is 0 Å². The largest absolute Gasteiger partial charge is 0.444 e. The van der Waals surface area contributed by atoms with Gasteiger partial charge in [0.1, 0.15) is 11.2 Å². The number of nitro groups is 2. The summed E-state index contributed by atoms with van der Waals surface area (Å²) in [5, 5.41) is 27.0. The number of piperazine rings is 2. The number of nitro benzene ring substituents is 2. The van der Waals surface area contributed by atoms with Crippen molar-refractivity contribution >= 4 is 59.3 Å². The number of amides is 4. The maximum atomic E-state index is 13.7. The highest BCUT2D eigenvalue weighted by atomic mass is 32.2. The lowest BCUT2D eigenvalue weighted by molar-refractivity contribution is -0.387. The maximum Gasteiger partial charge on any atom is 0.410 e. The molecule has 2 heterocycles. The molecular weight excluding hydrogens is 925 g/mol. The Kier molecular flexibility index (Phi) is 16.8. The first kappa shape index (κ1) is 53.3. The molecule has 6 rings (SSSR count). The molecule has 0 bridgehead atoms. The van der Waals surface area contributed by atoms with Gasteiger partial charge in [0.25, 0.3) is 11.4 Å². The van der Waals surface area contributed by atoms with Crippen LogP contribution in [-0.4, -0.2) is 117 Å². The van der Waals surface area contributed by atoms with E-state index in [2.05, 4.69) is 0 Å². The summed E-state index contributed by atoms with van der Waals surface area (Å²) in [7, 11) is 0. The van der Waals surface area contributed by atoms with E-state index < -0.39 is 33.2 Å². The van der Waals surface area contributed by atoms with Crippen molar-refractivity contribution < 1.29 is 38.5 Å². The van der Waals surface area contributed by atoms with Crippen LogP contribution in [0.4, 0.5) is 21.0 Å². The van der Waals surface area contributed by atoms with E-state index in [1.807, 2.05) is 52.0 Å². The number of nitrogens with zero attached hydrogens (tertiary/aromatic N) is 6. The monoisotopic (exact) mass is 988 g/mol. The summed E-state index contributed by atoms with van der Waals surface area (Å²) in [5.74, 6) is -0.777. The molecular formula is C54H64N6O10S. The van der Waals surface area contributed by atoms with Crippen LogP contribution >= 0.6 is 11.8 Å². The van der Waals surface area contributed by atoms with Crippen molar-refractivity contribution in [3.63, 3.8) is 0 Å². The normalized spacial score (nSPS) is 14.7.